The summed E-state index contributed by atoms with van der Waals surface area (Å²) in [5.74, 6) is -0.0955. The van der Waals surface area contributed by atoms with Crippen LogP contribution in [0.1, 0.15) is 21.2 Å². The van der Waals surface area contributed by atoms with Crippen molar-refractivity contribution in [3.8, 4) is 0 Å². The maximum absolute atomic E-state index is 12.4. The average molecular weight is 318 g/mol. The van der Waals surface area contributed by atoms with Crippen molar-refractivity contribution in [1.29, 1.82) is 0 Å². The molecule has 0 fully saturated rings. The van der Waals surface area contributed by atoms with Crippen LogP contribution in [0.4, 0.5) is 13.2 Å². The first-order valence-corrected chi connectivity index (χ1v) is 6.88. The van der Waals surface area contributed by atoms with Crippen molar-refractivity contribution in [2.45, 2.75) is 26.2 Å². The van der Waals surface area contributed by atoms with E-state index in [9.17, 15) is 18.0 Å². The van der Waals surface area contributed by atoms with Gasteiger partial charge in [0.05, 0.1) is 17.7 Å². The number of thiazole rings is 1. The maximum Gasteiger partial charge on any atom is 0.406 e. The number of aryl methyl sites for hydroxylation is 1. The number of hydrogen-bond donors (Lipinski definition) is 0. The number of alkyl halides is 3. The lowest BCUT2D eigenvalue weighted by molar-refractivity contribution is -0.141. The molecular formula is C12H13F3N4OS. The first-order chi connectivity index (χ1) is 9.78. The third-order valence-electron chi connectivity index (χ3n) is 2.82. The Hall–Kier alpha value is -1.90. The van der Waals surface area contributed by atoms with E-state index in [0.717, 1.165) is 4.57 Å². The normalized spacial score (nSPS) is 11.7. The predicted octanol–water partition coefficient (Wildman–Crippen LogP) is 2.48. The highest BCUT2D eigenvalue weighted by Crippen LogP contribution is 2.19. The van der Waals surface area contributed by atoms with E-state index >= 15 is 0 Å². The number of hydrogen-bond acceptors (Lipinski definition) is 4. The number of halogens is 3. The molecule has 2 heterocycles. The van der Waals surface area contributed by atoms with Gasteiger partial charge in [0.1, 0.15) is 17.2 Å². The molecule has 2 aromatic heterocycles. The monoisotopic (exact) mass is 318 g/mol. The fraction of sp³-hybridized carbons (Fsp3) is 0.417. The fourth-order valence-corrected chi connectivity index (χ4v) is 2.59. The van der Waals surface area contributed by atoms with Crippen LogP contribution in [0.25, 0.3) is 0 Å². The molecule has 0 aliphatic carbocycles. The van der Waals surface area contributed by atoms with E-state index in [0.29, 0.717) is 10.6 Å². The number of aromatic nitrogens is 3. The van der Waals surface area contributed by atoms with Gasteiger partial charge in [0.2, 0.25) is 0 Å². The molecule has 1 amide bonds. The first-order valence-electron chi connectivity index (χ1n) is 6.00. The van der Waals surface area contributed by atoms with Crippen molar-refractivity contribution < 1.29 is 18.0 Å². The lowest BCUT2D eigenvalue weighted by Crippen LogP contribution is -2.28. The maximum atomic E-state index is 12.4. The van der Waals surface area contributed by atoms with Gasteiger partial charge in [-0.15, -0.1) is 11.3 Å². The van der Waals surface area contributed by atoms with Gasteiger partial charge in [-0.2, -0.15) is 13.2 Å². The third-order valence-corrected chi connectivity index (χ3v) is 3.73. The van der Waals surface area contributed by atoms with Gasteiger partial charge >= 0.3 is 6.18 Å². The van der Waals surface area contributed by atoms with Crippen molar-refractivity contribution in [2.24, 2.45) is 0 Å². The molecule has 0 saturated heterocycles. The smallest absolute Gasteiger partial charge is 0.333 e. The number of carbonyl (C=O) groups excluding carboxylic acids is 1. The lowest BCUT2D eigenvalue weighted by atomic mass is 10.3. The standard InChI is InChI=1S/C12H13F3N4OS/c1-8-10(21-7-17-8)11(20)18(2)5-9-16-3-4-19(9)6-12(13,14)15/h3-4,7H,5-6H2,1-2H3. The summed E-state index contributed by atoms with van der Waals surface area (Å²) in [4.78, 5) is 21.9. The van der Waals surface area contributed by atoms with Crippen molar-refractivity contribution in [3.05, 3.63) is 34.3 Å². The van der Waals surface area contributed by atoms with Crippen LogP contribution in [0.3, 0.4) is 0 Å². The van der Waals surface area contributed by atoms with Gasteiger partial charge in [0.15, 0.2) is 0 Å². The van der Waals surface area contributed by atoms with Crippen LogP contribution < -0.4 is 0 Å². The van der Waals surface area contributed by atoms with E-state index < -0.39 is 12.7 Å². The molecule has 0 unspecified atom stereocenters. The van der Waals surface area contributed by atoms with Crippen molar-refractivity contribution in [3.63, 3.8) is 0 Å². The summed E-state index contributed by atoms with van der Waals surface area (Å²) in [6.07, 6.45) is -1.79. The summed E-state index contributed by atoms with van der Waals surface area (Å²) >= 11 is 1.20. The second-order valence-electron chi connectivity index (χ2n) is 4.51. The zero-order valence-electron chi connectivity index (χ0n) is 11.4. The van der Waals surface area contributed by atoms with E-state index in [1.54, 1.807) is 12.4 Å². The Morgan fingerprint density at radius 3 is 2.71 bits per heavy atom. The Morgan fingerprint density at radius 2 is 2.14 bits per heavy atom. The van der Waals surface area contributed by atoms with Crippen molar-refractivity contribution >= 4 is 17.2 Å². The highest BCUT2D eigenvalue weighted by Gasteiger charge is 2.29. The molecule has 114 valence electrons. The number of rotatable bonds is 4. The Labute approximate surface area is 123 Å². The Bertz CT molecular complexity index is 634. The summed E-state index contributed by atoms with van der Waals surface area (Å²) < 4.78 is 38.3. The second kappa shape index (κ2) is 5.84. The fourth-order valence-electron chi connectivity index (χ4n) is 1.79. The van der Waals surface area contributed by atoms with Crippen molar-refractivity contribution in [1.82, 2.24) is 19.4 Å². The van der Waals surface area contributed by atoms with Crippen LogP contribution in [-0.4, -0.2) is 38.6 Å². The molecule has 0 aliphatic heterocycles. The zero-order chi connectivity index (χ0) is 15.6. The van der Waals surface area contributed by atoms with Gasteiger partial charge in [0, 0.05) is 19.4 Å². The number of nitrogens with zero attached hydrogens (tertiary/aromatic N) is 4. The minimum Gasteiger partial charge on any atom is -0.333 e. The van der Waals surface area contributed by atoms with E-state index in [2.05, 4.69) is 9.97 Å². The van der Waals surface area contributed by atoms with E-state index in [1.807, 2.05) is 0 Å². The minimum atomic E-state index is -4.33. The van der Waals surface area contributed by atoms with Crippen molar-refractivity contribution in [2.75, 3.05) is 7.05 Å². The van der Waals surface area contributed by atoms with Gasteiger partial charge in [0.25, 0.3) is 5.91 Å². The Morgan fingerprint density at radius 1 is 1.43 bits per heavy atom. The summed E-state index contributed by atoms with van der Waals surface area (Å²) in [7, 11) is 1.52. The average Bonchev–Trinajstić information content (AvgIpc) is 2.96. The molecule has 0 aromatic carbocycles. The third kappa shape index (κ3) is 3.81. The van der Waals surface area contributed by atoms with Crippen LogP contribution in [0, 0.1) is 6.92 Å². The Balaban J connectivity index is 2.10. The van der Waals surface area contributed by atoms with Gasteiger partial charge in [-0.3, -0.25) is 4.79 Å². The van der Waals surface area contributed by atoms with Crippen LogP contribution in [0.15, 0.2) is 17.9 Å². The summed E-state index contributed by atoms with van der Waals surface area (Å²) in [6, 6.07) is 0. The van der Waals surface area contributed by atoms with Gasteiger partial charge in [-0.1, -0.05) is 0 Å². The summed E-state index contributed by atoms with van der Waals surface area (Å²) in [5, 5.41) is 0. The predicted molar refractivity (Wildman–Crippen MR) is 70.9 cm³/mol. The van der Waals surface area contributed by atoms with Crippen LogP contribution >= 0.6 is 11.3 Å². The highest BCUT2D eigenvalue weighted by atomic mass is 32.1. The summed E-state index contributed by atoms with van der Waals surface area (Å²) in [6.45, 7) is 0.589. The number of imidazole rings is 1. The van der Waals surface area contributed by atoms with E-state index in [-0.39, 0.29) is 18.3 Å². The number of carbonyl (C=O) groups is 1. The lowest BCUT2D eigenvalue weighted by Gasteiger charge is -2.17. The zero-order valence-corrected chi connectivity index (χ0v) is 12.2. The molecule has 21 heavy (non-hydrogen) atoms. The van der Waals surface area contributed by atoms with Crippen LogP contribution in [0.2, 0.25) is 0 Å². The molecule has 0 atom stereocenters. The molecule has 0 radical (unpaired) electrons. The molecule has 0 N–H and O–H groups in total. The molecule has 0 saturated carbocycles. The minimum absolute atomic E-state index is 0.000741. The number of amides is 1. The quantitative estimate of drug-likeness (QED) is 0.870. The molecule has 0 aliphatic rings. The van der Waals surface area contributed by atoms with Gasteiger partial charge in [-0.05, 0) is 6.92 Å². The molecule has 0 spiro atoms. The molecule has 2 rings (SSSR count). The van der Waals surface area contributed by atoms with Crippen LogP contribution in [0.5, 0.6) is 0 Å². The topological polar surface area (TPSA) is 51.0 Å². The van der Waals surface area contributed by atoms with E-state index in [1.165, 1.54) is 35.7 Å². The SMILES string of the molecule is Cc1ncsc1C(=O)N(C)Cc1nccn1CC(F)(F)F. The van der Waals surface area contributed by atoms with E-state index in [4.69, 9.17) is 0 Å². The summed E-state index contributed by atoms with van der Waals surface area (Å²) in [5.41, 5.74) is 2.16. The highest BCUT2D eigenvalue weighted by molar-refractivity contribution is 7.11. The second-order valence-corrected chi connectivity index (χ2v) is 5.37. The molecule has 0 bridgehead atoms. The molecule has 9 heteroatoms. The molecule has 5 nitrogen and oxygen atoms in total. The Kier molecular flexibility index (Phi) is 4.31. The molecule has 2 aromatic rings. The van der Waals surface area contributed by atoms with Gasteiger partial charge in [-0.25, -0.2) is 9.97 Å². The molecular weight excluding hydrogens is 305 g/mol. The largest absolute Gasteiger partial charge is 0.406 e. The first kappa shape index (κ1) is 15.5. The van der Waals surface area contributed by atoms with Crippen LogP contribution in [-0.2, 0) is 13.1 Å². The van der Waals surface area contributed by atoms with Gasteiger partial charge < -0.3 is 9.47 Å².